The summed E-state index contributed by atoms with van der Waals surface area (Å²) >= 11 is 0. The predicted octanol–water partition coefficient (Wildman–Crippen LogP) is 2.92. The summed E-state index contributed by atoms with van der Waals surface area (Å²) in [5.41, 5.74) is 0.276. The van der Waals surface area contributed by atoms with Crippen LogP contribution in [0.1, 0.15) is 50.6 Å². The van der Waals surface area contributed by atoms with Crippen molar-refractivity contribution in [3.05, 3.63) is 23.8 Å². The maximum atomic E-state index is 12.3. The highest BCUT2D eigenvalue weighted by Crippen LogP contribution is 2.51. The third kappa shape index (κ3) is 2.86. The second-order valence-electron chi connectivity index (χ2n) is 6.97. The second kappa shape index (κ2) is 6.63. The second-order valence-corrected chi connectivity index (χ2v) is 6.97. The summed E-state index contributed by atoms with van der Waals surface area (Å²) in [6.45, 7) is 2.19. The molecule has 3 rings (SSSR count). The Morgan fingerprint density at radius 3 is 2.71 bits per heavy atom. The topological polar surface area (TPSA) is 59.0 Å². The minimum atomic E-state index is -0.681. The van der Waals surface area contributed by atoms with Crippen LogP contribution in [0.3, 0.4) is 0 Å². The lowest BCUT2D eigenvalue weighted by atomic mass is 9.66. The summed E-state index contributed by atoms with van der Waals surface area (Å²) in [4.78, 5) is 14.2. The number of hydrogen-bond acceptors (Lipinski definition) is 4. The number of fused-ring (bicyclic) bond motifs is 1. The van der Waals surface area contributed by atoms with Crippen LogP contribution in [-0.4, -0.2) is 42.3 Å². The van der Waals surface area contributed by atoms with Gasteiger partial charge in [-0.3, -0.25) is 4.79 Å². The van der Waals surface area contributed by atoms with Gasteiger partial charge in [-0.25, -0.2) is 0 Å². The van der Waals surface area contributed by atoms with Gasteiger partial charge < -0.3 is 19.5 Å². The SMILES string of the molecule is COc1ccc(C2C3CCCCC3(O)CCN2C(C)=O)c(OC)c1. The quantitative estimate of drug-likeness (QED) is 0.924. The molecule has 1 aliphatic heterocycles. The number of likely N-dealkylation sites (tertiary alicyclic amines) is 1. The predicted molar refractivity (Wildman–Crippen MR) is 91.2 cm³/mol. The summed E-state index contributed by atoms with van der Waals surface area (Å²) in [5, 5.41) is 11.2. The molecule has 1 N–H and O–H groups in total. The Balaban J connectivity index is 2.07. The van der Waals surface area contributed by atoms with Crippen molar-refractivity contribution < 1.29 is 19.4 Å². The molecule has 0 spiro atoms. The van der Waals surface area contributed by atoms with Crippen LogP contribution in [0.15, 0.2) is 18.2 Å². The highest BCUT2D eigenvalue weighted by atomic mass is 16.5. The highest BCUT2D eigenvalue weighted by molar-refractivity contribution is 5.74. The van der Waals surface area contributed by atoms with E-state index >= 15 is 0 Å². The van der Waals surface area contributed by atoms with E-state index in [1.165, 1.54) is 0 Å². The zero-order chi connectivity index (χ0) is 17.3. The first kappa shape index (κ1) is 17.1. The smallest absolute Gasteiger partial charge is 0.219 e. The summed E-state index contributed by atoms with van der Waals surface area (Å²) < 4.78 is 10.9. The summed E-state index contributed by atoms with van der Waals surface area (Å²) in [7, 11) is 3.25. The summed E-state index contributed by atoms with van der Waals surface area (Å²) in [5.74, 6) is 1.52. The van der Waals surface area contributed by atoms with Crippen molar-refractivity contribution in [2.24, 2.45) is 5.92 Å². The Morgan fingerprint density at radius 1 is 1.25 bits per heavy atom. The molecule has 1 saturated heterocycles. The molecule has 3 unspecified atom stereocenters. The van der Waals surface area contributed by atoms with Crippen molar-refractivity contribution in [3.63, 3.8) is 0 Å². The fraction of sp³-hybridized carbons (Fsp3) is 0.632. The molecule has 132 valence electrons. The van der Waals surface area contributed by atoms with Gasteiger partial charge in [0.1, 0.15) is 11.5 Å². The van der Waals surface area contributed by atoms with E-state index in [2.05, 4.69) is 0 Å². The van der Waals surface area contributed by atoms with E-state index in [-0.39, 0.29) is 17.9 Å². The number of aliphatic hydroxyl groups is 1. The van der Waals surface area contributed by atoms with Crippen molar-refractivity contribution in [2.75, 3.05) is 20.8 Å². The van der Waals surface area contributed by atoms with E-state index in [0.717, 1.165) is 37.0 Å². The van der Waals surface area contributed by atoms with E-state index in [4.69, 9.17) is 9.47 Å². The van der Waals surface area contributed by atoms with Gasteiger partial charge in [0.25, 0.3) is 0 Å². The fourth-order valence-electron chi connectivity index (χ4n) is 4.48. The van der Waals surface area contributed by atoms with Gasteiger partial charge in [0.15, 0.2) is 0 Å². The molecule has 0 bridgehead atoms. The molecular weight excluding hydrogens is 306 g/mol. The maximum Gasteiger partial charge on any atom is 0.219 e. The Kier molecular flexibility index (Phi) is 4.72. The average Bonchev–Trinajstić information content (AvgIpc) is 2.59. The molecule has 1 heterocycles. The number of methoxy groups -OCH3 is 2. The molecule has 5 nitrogen and oxygen atoms in total. The standard InChI is InChI=1S/C19H27NO4/c1-13(21)20-11-10-19(22)9-5-4-6-16(19)18(20)15-8-7-14(23-2)12-17(15)24-3/h7-8,12,16,18,22H,4-6,9-11H2,1-3H3. The number of carbonyl (C=O) groups excluding carboxylic acids is 1. The van der Waals surface area contributed by atoms with E-state index in [9.17, 15) is 9.90 Å². The highest BCUT2D eigenvalue weighted by Gasteiger charge is 2.50. The van der Waals surface area contributed by atoms with Crippen molar-refractivity contribution in [3.8, 4) is 11.5 Å². The van der Waals surface area contributed by atoms with E-state index in [1.807, 2.05) is 23.1 Å². The molecule has 24 heavy (non-hydrogen) atoms. The first-order chi connectivity index (χ1) is 11.5. The van der Waals surface area contributed by atoms with Crippen molar-refractivity contribution >= 4 is 5.91 Å². The number of piperidine rings is 1. The van der Waals surface area contributed by atoms with E-state index < -0.39 is 5.60 Å². The summed E-state index contributed by atoms with van der Waals surface area (Å²) in [6, 6.07) is 5.57. The maximum absolute atomic E-state index is 12.3. The average molecular weight is 333 g/mol. The zero-order valence-electron chi connectivity index (χ0n) is 14.7. The van der Waals surface area contributed by atoms with Crippen LogP contribution >= 0.6 is 0 Å². The lowest BCUT2D eigenvalue weighted by molar-refractivity contribution is -0.153. The molecule has 1 saturated carbocycles. The number of rotatable bonds is 3. The number of amides is 1. The Labute approximate surface area is 143 Å². The molecule has 1 aliphatic carbocycles. The monoisotopic (exact) mass is 333 g/mol. The molecule has 0 radical (unpaired) electrons. The number of carbonyl (C=O) groups is 1. The van der Waals surface area contributed by atoms with E-state index in [0.29, 0.717) is 18.7 Å². The van der Waals surface area contributed by atoms with Gasteiger partial charge in [0, 0.05) is 31.0 Å². The van der Waals surface area contributed by atoms with Gasteiger partial charge in [-0.15, -0.1) is 0 Å². The third-order valence-corrected chi connectivity index (χ3v) is 5.73. The number of ether oxygens (including phenoxy) is 2. The Bertz CT molecular complexity index is 617. The lowest BCUT2D eigenvalue weighted by Crippen LogP contribution is -2.55. The first-order valence-electron chi connectivity index (χ1n) is 8.71. The fourth-order valence-corrected chi connectivity index (χ4v) is 4.48. The van der Waals surface area contributed by atoms with Gasteiger partial charge in [0.2, 0.25) is 5.91 Å². The van der Waals surface area contributed by atoms with Crippen LogP contribution in [0.25, 0.3) is 0 Å². The number of nitrogens with zero attached hydrogens (tertiary/aromatic N) is 1. The van der Waals surface area contributed by atoms with Crippen molar-refractivity contribution in [2.45, 2.75) is 50.7 Å². The third-order valence-electron chi connectivity index (χ3n) is 5.73. The largest absolute Gasteiger partial charge is 0.497 e. The Hall–Kier alpha value is -1.75. The molecule has 0 aromatic heterocycles. The normalized spacial score (nSPS) is 29.8. The van der Waals surface area contributed by atoms with Crippen LogP contribution in [0, 0.1) is 5.92 Å². The molecule has 2 aliphatic rings. The molecule has 1 aromatic carbocycles. The van der Waals surface area contributed by atoms with Gasteiger partial charge in [-0.05, 0) is 31.4 Å². The lowest BCUT2D eigenvalue weighted by Gasteiger charge is -2.52. The molecule has 2 fully saturated rings. The molecular formula is C19H27NO4. The van der Waals surface area contributed by atoms with E-state index in [1.54, 1.807) is 21.1 Å². The van der Waals surface area contributed by atoms with Gasteiger partial charge >= 0.3 is 0 Å². The first-order valence-corrected chi connectivity index (χ1v) is 8.71. The molecule has 1 amide bonds. The zero-order valence-corrected chi connectivity index (χ0v) is 14.7. The van der Waals surface area contributed by atoms with Crippen LogP contribution in [0.5, 0.6) is 11.5 Å². The molecule has 1 aromatic rings. The van der Waals surface area contributed by atoms with Crippen molar-refractivity contribution in [1.82, 2.24) is 4.90 Å². The minimum absolute atomic E-state index is 0.0468. The Morgan fingerprint density at radius 2 is 2.04 bits per heavy atom. The van der Waals surface area contributed by atoms with Crippen LogP contribution in [0.4, 0.5) is 0 Å². The van der Waals surface area contributed by atoms with Crippen LogP contribution in [0.2, 0.25) is 0 Å². The number of benzene rings is 1. The van der Waals surface area contributed by atoms with Crippen molar-refractivity contribution in [1.29, 1.82) is 0 Å². The van der Waals surface area contributed by atoms with Gasteiger partial charge in [-0.1, -0.05) is 12.8 Å². The summed E-state index contributed by atoms with van der Waals surface area (Å²) in [6.07, 6.45) is 4.55. The molecule has 3 atom stereocenters. The van der Waals surface area contributed by atoms with Crippen LogP contribution < -0.4 is 9.47 Å². The number of hydrogen-bond donors (Lipinski definition) is 1. The van der Waals surface area contributed by atoms with Gasteiger partial charge in [0.05, 0.1) is 25.9 Å². The van der Waals surface area contributed by atoms with Crippen LogP contribution in [-0.2, 0) is 4.79 Å². The van der Waals surface area contributed by atoms with Gasteiger partial charge in [-0.2, -0.15) is 0 Å². The minimum Gasteiger partial charge on any atom is -0.497 e. The molecule has 5 heteroatoms.